The Labute approximate surface area is 226 Å². The molecular formula is C24H23F7N8O2. The molecule has 0 aliphatic rings. The number of benzene rings is 1. The maximum absolute atomic E-state index is 14.6. The van der Waals surface area contributed by atoms with Gasteiger partial charge in [0, 0.05) is 12.7 Å². The summed E-state index contributed by atoms with van der Waals surface area (Å²) in [5.41, 5.74) is 5.27. The maximum atomic E-state index is 14.6. The third-order valence-corrected chi connectivity index (χ3v) is 5.70. The fourth-order valence-corrected chi connectivity index (χ4v) is 3.67. The number of halogens is 7. The molecule has 10 nitrogen and oxygen atoms in total. The Morgan fingerprint density at radius 2 is 1.66 bits per heavy atom. The minimum atomic E-state index is -4.74. The van der Waals surface area contributed by atoms with Gasteiger partial charge in [0.05, 0.1) is 34.7 Å². The molecule has 0 aliphatic carbocycles. The Morgan fingerprint density at radius 3 is 2.22 bits per heavy atom. The van der Waals surface area contributed by atoms with Gasteiger partial charge in [-0.05, 0) is 18.6 Å². The van der Waals surface area contributed by atoms with E-state index in [-0.39, 0.29) is 27.9 Å². The number of hydrogen-bond acceptors (Lipinski definition) is 8. The molecule has 0 saturated carbocycles. The zero-order chi connectivity index (χ0) is 30.5. The van der Waals surface area contributed by atoms with Crippen LogP contribution < -0.4 is 22.6 Å². The number of nitrogens with zero attached hydrogens (tertiary/aromatic N) is 5. The predicted molar refractivity (Wildman–Crippen MR) is 135 cm³/mol. The fraction of sp³-hybridized carbons (Fsp3) is 0.333. The van der Waals surface area contributed by atoms with Crippen LogP contribution in [0.3, 0.4) is 0 Å². The van der Waals surface area contributed by atoms with Crippen LogP contribution in [-0.4, -0.2) is 29.7 Å². The SMILES string of the molecule is CCCCCCn1cnc2cc(-c3ncc(C(F)(F)F)c(N)n3)c(F)cc2c1=O.Nc1cn[nH]c(=O)c1C(F)(F)F. The summed E-state index contributed by atoms with van der Waals surface area (Å²) < 4.78 is 90.4. The number of nitrogens with two attached hydrogens (primary N) is 2. The first-order chi connectivity index (χ1) is 19.1. The molecule has 0 radical (unpaired) electrons. The highest BCUT2D eigenvalue weighted by molar-refractivity contribution is 5.82. The Kier molecular flexibility index (Phi) is 9.29. The molecule has 0 atom stereocenters. The first-order valence-electron chi connectivity index (χ1n) is 11.9. The van der Waals surface area contributed by atoms with E-state index >= 15 is 0 Å². The number of H-pyrrole nitrogens is 1. The van der Waals surface area contributed by atoms with Crippen LogP contribution in [0, 0.1) is 5.82 Å². The highest BCUT2D eigenvalue weighted by atomic mass is 19.4. The van der Waals surface area contributed by atoms with E-state index in [1.54, 1.807) is 5.10 Å². The summed E-state index contributed by atoms with van der Waals surface area (Å²) in [6, 6.07) is 2.23. The molecule has 3 aromatic heterocycles. The van der Waals surface area contributed by atoms with Gasteiger partial charge in [-0.25, -0.2) is 24.4 Å². The summed E-state index contributed by atoms with van der Waals surface area (Å²) in [6.07, 6.45) is -2.93. The summed E-state index contributed by atoms with van der Waals surface area (Å²) in [5, 5.41) is 4.81. The number of fused-ring (bicyclic) bond motifs is 1. The monoisotopic (exact) mass is 588 g/mol. The van der Waals surface area contributed by atoms with E-state index in [1.807, 2.05) is 0 Å². The average Bonchev–Trinajstić information content (AvgIpc) is 2.86. The second-order valence-electron chi connectivity index (χ2n) is 8.67. The first kappa shape index (κ1) is 31.0. The smallest absolute Gasteiger partial charge is 0.397 e. The van der Waals surface area contributed by atoms with E-state index in [4.69, 9.17) is 11.5 Å². The molecule has 0 spiro atoms. The van der Waals surface area contributed by atoms with Crippen LogP contribution >= 0.6 is 0 Å². The van der Waals surface area contributed by atoms with Gasteiger partial charge >= 0.3 is 12.4 Å². The minimum Gasteiger partial charge on any atom is -0.397 e. The zero-order valence-corrected chi connectivity index (χ0v) is 21.3. The van der Waals surface area contributed by atoms with Gasteiger partial charge in [0.25, 0.3) is 11.1 Å². The molecule has 0 saturated heterocycles. The van der Waals surface area contributed by atoms with Crippen LogP contribution in [0.25, 0.3) is 22.3 Å². The van der Waals surface area contributed by atoms with Gasteiger partial charge in [0.2, 0.25) is 0 Å². The molecule has 5 N–H and O–H groups in total. The van der Waals surface area contributed by atoms with E-state index < -0.39 is 46.4 Å². The van der Waals surface area contributed by atoms with Gasteiger partial charge in [-0.1, -0.05) is 26.2 Å². The average molecular weight is 588 g/mol. The number of aromatic nitrogens is 6. The second-order valence-corrected chi connectivity index (χ2v) is 8.67. The Hall–Kier alpha value is -4.57. The number of unbranched alkanes of at least 4 members (excludes halogenated alkanes) is 3. The molecule has 1 aromatic carbocycles. The third kappa shape index (κ3) is 7.34. The molecule has 41 heavy (non-hydrogen) atoms. The zero-order valence-electron chi connectivity index (χ0n) is 21.3. The number of hydrogen-bond donors (Lipinski definition) is 3. The summed E-state index contributed by atoms with van der Waals surface area (Å²) in [7, 11) is 0. The lowest BCUT2D eigenvalue weighted by molar-refractivity contribution is -0.138. The number of nitrogens with one attached hydrogen (secondary N) is 1. The fourth-order valence-electron chi connectivity index (χ4n) is 3.67. The largest absolute Gasteiger partial charge is 0.423 e. The number of anilines is 2. The molecule has 0 bridgehead atoms. The topological polar surface area (TPSA) is 158 Å². The van der Waals surface area contributed by atoms with Crippen molar-refractivity contribution in [3.05, 3.63) is 68.5 Å². The normalized spacial score (nSPS) is 11.8. The standard InChI is InChI=1S/C19H19F4N5O.C5H4F3N3O/c1-2-3-4-5-6-28-10-26-15-8-11(14(20)7-12(15)18(28)29)17-25-9-13(16(24)27-17)19(21,22)23;6-5(7,8)3-2(9)1-10-11-4(3)12/h7-10H,2-6H2,1H3,(H2,24,25,27);1H,(H3,9,11,12). The van der Waals surface area contributed by atoms with Crippen LogP contribution in [-0.2, 0) is 18.9 Å². The van der Waals surface area contributed by atoms with Crippen molar-refractivity contribution < 1.29 is 30.7 Å². The van der Waals surface area contributed by atoms with Gasteiger partial charge in [0.1, 0.15) is 22.8 Å². The van der Waals surface area contributed by atoms with Crippen LogP contribution in [0.1, 0.15) is 43.7 Å². The summed E-state index contributed by atoms with van der Waals surface area (Å²) in [4.78, 5) is 34.5. The van der Waals surface area contributed by atoms with E-state index in [0.29, 0.717) is 12.7 Å². The van der Waals surface area contributed by atoms with Crippen molar-refractivity contribution in [3.63, 3.8) is 0 Å². The molecular weight excluding hydrogens is 565 g/mol. The Bertz CT molecular complexity index is 1650. The van der Waals surface area contributed by atoms with E-state index in [2.05, 4.69) is 27.0 Å². The van der Waals surface area contributed by atoms with Crippen LogP contribution in [0.4, 0.5) is 42.2 Å². The molecule has 4 aromatic rings. The van der Waals surface area contributed by atoms with E-state index in [0.717, 1.165) is 37.9 Å². The lowest BCUT2D eigenvalue weighted by Crippen LogP contribution is -2.24. The van der Waals surface area contributed by atoms with Crippen molar-refractivity contribution in [1.29, 1.82) is 0 Å². The molecule has 0 unspecified atom stereocenters. The minimum absolute atomic E-state index is 0.0733. The molecule has 220 valence electrons. The van der Waals surface area contributed by atoms with Gasteiger partial charge in [-0.2, -0.15) is 31.4 Å². The van der Waals surface area contributed by atoms with E-state index in [1.165, 1.54) is 17.0 Å². The predicted octanol–water partition coefficient (Wildman–Crippen LogP) is 4.54. The molecule has 0 fully saturated rings. The molecule has 0 aliphatic heterocycles. The highest BCUT2D eigenvalue weighted by Crippen LogP contribution is 2.33. The summed E-state index contributed by atoms with van der Waals surface area (Å²) >= 11 is 0. The Balaban J connectivity index is 0.000000322. The number of alkyl halides is 6. The maximum Gasteiger partial charge on any atom is 0.423 e. The van der Waals surface area contributed by atoms with Gasteiger partial charge in [-0.3, -0.25) is 14.2 Å². The second kappa shape index (κ2) is 12.3. The van der Waals surface area contributed by atoms with Crippen molar-refractivity contribution in [1.82, 2.24) is 29.7 Å². The third-order valence-electron chi connectivity index (χ3n) is 5.70. The van der Waals surface area contributed by atoms with E-state index in [9.17, 15) is 40.3 Å². The number of aryl methyl sites for hydroxylation is 1. The molecule has 4 rings (SSSR count). The Morgan fingerprint density at radius 1 is 0.951 bits per heavy atom. The van der Waals surface area contributed by atoms with Gasteiger partial charge < -0.3 is 11.5 Å². The summed E-state index contributed by atoms with van der Waals surface area (Å²) in [5.74, 6) is -1.97. The van der Waals surface area contributed by atoms with Crippen molar-refractivity contribution in [2.45, 2.75) is 51.5 Å². The van der Waals surface area contributed by atoms with Crippen molar-refractivity contribution in [2.75, 3.05) is 11.5 Å². The highest BCUT2D eigenvalue weighted by Gasteiger charge is 2.36. The van der Waals surface area contributed by atoms with Crippen LogP contribution in [0.2, 0.25) is 0 Å². The molecule has 3 heterocycles. The summed E-state index contributed by atoms with van der Waals surface area (Å²) in [6.45, 7) is 2.56. The lowest BCUT2D eigenvalue weighted by Gasteiger charge is -2.11. The van der Waals surface area contributed by atoms with Crippen molar-refractivity contribution in [2.24, 2.45) is 0 Å². The molecule has 0 amide bonds. The molecule has 17 heteroatoms. The van der Waals surface area contributed by atoms with Crippen molar-refractivity contribution in [3.8, 4) is 11.4 Å². The van der Waals surface area contributed by atoms with Crippen LogP contribution in [0.5, 0.6) is 0 Å². The van der Waals surface area contributed by atoms with Crippen molar-refractivity contribution >= 4 is 22.4 Å². The quantitative estimate of drug-likeness (QED) is 0.219. The number of aromatic amines is 1. The van der Waals surface area contributed by atoms with Gasteiger partial charge in [-0.15, -0.1) is 0 Å². The lowest BCUT2D eigenvalue weighted by atomic mass is 10.1. The number of nitrogen functional groups attached to an aromatic ring is 2. The van der Waals surface area contributed by atoms with Gasteiger partial charge in [0.15, 0.2) is 5.82 Å². The number of rotatable bonds is 6. The first-order valence-corrected chi connectivity index (χ1v) is 11.9. The van der Waals surface area contributed by atoms with Crippen LogP contribution in [0.15, 0.2) is 40.4 Å².